The summed E-state index contributed by atoms with van der Waals surface area (Å²) in [5, 5.41) is 1.67. The molecule has 1 unspecified atom stereocenters. The largest absolute Gasteiger partial charge is 0.497 e. The lowest BCUT2D eigenvalue weighted by molar-refractivity contribution is -0.129. The Morgan fingerprint density at radius 1 is 1.44 bits per heavy atom. The second kappa shape index (κ2) is 5.84. The van der Waals surface area contributed by atoms with Gasteiger partial charge in [0.05, 0.1) is 13.2 Å². The predicted octanol–water partition coefficient (Wildman–Crippen LogP) is 0.822. The van der Waals surface area contributed by atoms with Gasteiger partial charge in [0.15, 0.2) is 0 Å². The lowest BCUT2D eigenvalue weighted by atomic mass is 10.1. The molecule has 2 rings (SSSR count). The van der Waals surface area contributed by atoms with Crippen LogP contribution in [0, 0.1) is 0 Å². The van der Waals surface area contributed by atoms with Gasteiger partial charge >= 0.3 is 0 Å². The number of carbonyl (C=O) groups excluding carboxylic acids is 1. The van der Waals surface area contributed by atoms with E-state index in [4.69, 9.17) is 10.5 Å². The molecule has 1 heterocycles. The van der Waals surface area contributed by atoms with Crippen LogP contribution in [0.15, 0.2) is 24.3 Å². The SMILES string of the molecule is COc1ccc(C2CC(=O)N(CCCN)N2)cc1. The van der Waals surface area contributed by atoms with Crippen molar-refractivity contribution in [1.82, 2.24) is 10.4 Å². The third-order valence-corrected chi connectivity index (χ3v) is 3.10. The first-order valence-corrected chi connectivity index (χ1v) is 6.15. The first-order valence-electron chi connectivity index (χ1n) is 6.15. The molecular formula is C13H19N3O2. The van der Waals surface area contributed by atoms with Crippen LogP contribution in [0.1, 0.15) is 24.4 Å². The number of ether oxygens (including phenoxy) is 1. The second-order valence-corrected chi connectivity index (χ2v) is 4.35. The van der Waals surface area contributed by atoms with E-state index < -0.39 is 0 Å². The van der Waals surface area contributed by atoms with Crippen LogP contribution < -0.4 is 15.9 Å². The van der Waals surface area contributed by atoms with Crippen LogP contribution in [-0.2, 0) is 4.79 Å². The van der Waals surface area contributed by atoms with Crippen molar-refractivity contribution in [3.05, 3.63) is 29.8 Å². The van der Waals surface area contributed by atoms with E-state index in [9.17, 15) is 4.79 Å². The highest BCUT2D eigenvalue weighted by molar-refractivity contribution is 5.78. The van der Waals surface area contributed by atoms with E-state index in [1.807, 2.05) is 24.3 Å². The summed E-state index contributed by atoms with van der Waals surface area (Å²) in [4.78, 5) is 11.8. The third kappa shape index (κ3) is 2.80. The molecule has 1 atom stereocenters. The minimum Gasteiger partial charge on any atom is -0.497 e. The standard InChI is InChI=1S/C13H19N3O2/c1-18-11-5-3-10(4-6-11)12-9-13(17)16(15-12)8-2-7-14/h3-6,12,15H,2,7-9,14H2,1H3. The van der Waals surface area contributed by atoms with Gasteiger partial charge in [-0.1, -0.05) is 12.1 Å². The molecule has 1 amide bonds. The number of methoxy groups -OCH3 is 1. The summed E-state index contributed by atoms with van der Waals surface area (Å²) in [6, 6.07) is 7.83. The number of nitrogens with zero attached hydrogens (tertiary/aromatic N) is 1. The van der Waals surface area contributed by atoms with Gasteiger partial charge in [-0.15, -0.1) is 0 Å². The summed E-state index contributed by atoms with van der Waals surface area (Å²) in [5.41, 5.74) is 9.76. The molecule has 18 heavy (non-hydrogen) atoms. The van der Waals surface area contributed by atoms with E-state index >= 15 is 0 Å². The highest BCUT2D eigenvalue weighted by atomic mass is 16.5. The molecule has 0 bridgehead atoms. The van der Waals surface area contributed by atoms with E-state index in [1.165, 1.54) is 0 Å². The van der Waals surface area contributed by atoms with Gasteiger partial charge in [0.1, 0.15) is 5.75 Å². The normalized spacial score (nSPS) is 19.3. The molecule has 1 aliphatic rings. The molecule has 0 spiro atoms. The number of amides is 1. The van der Waals surface area contributed by atoms with Crippen molar-refractivity contribution < 1.29 is 9.53 Å². The summed E-state index contributed by atoms with van der Waals surface area (Å²) < 4.78 is 5.12. The molecular weight excluding hydrogens is 230 g/mol. The molecule has 5 heteroatoms. The van der Waals surface area contributed by atoms with E-state index in [0.29, 0.717) is 19.5 Å². The Balaban J connectivity index is 2.00. The van der Waals surface area contributed by atoms with Crippen LogP contribution in [0.3, 0.4) is 0 Å². The topological polar surface area (TPSA) is 67.6 Å². The summed E-state index contributed by atoms with van der Waals surface area (Å²) in [7, 11) is 1.64. The Morgan fingerprint density at radius 2 is 2.17 bits per heavy atom. The molecule has 5 nitrogen and oxygen atoms in total. The molecule has 0 saturated carbocycles. The van der Waals surface area contributed by atoms with Crippen LogP contribution in [0.4, 0.5) is 0 Å². The lowest BCUT2D eigenvalue weighted by Crippen LogP contribution is -2.36. The number of carbonyl (C=O) groups is 1. The summed E-state index contributed by atoms with van der Waals surface area (Å²) in [6.07, 6.45) is 1.31. The van der Waals surface area contributed by atoms with Crippen molar-refractivity contribution in [2.45, 2.75) is 18.9 Å². The first-order chi connectivity index (χ1) is 8.74. The summed E-state index contributed by atoms with van der Waals surface area (Å²) in [6.45, 7) is 1.26. The molecule has 1 saturated heterocycles. The zero-order valence-electron chi connectivity index (χ0n) is 10.6. The van der Waals surface area contributed by atoms with E-state index in [0.717, 1.165) is 17.7 Å². The highest BCUT2D eigenvalue weighted by Crippen LogP contribution is 2.25. The Kier molecular flexibility index (Phi) is 4.17. The van der Waals surface area contributed by atoms with Gasteiger partial charge in [-0.3, -0.25) is 9.80 Å². The maximum absolute atomic E-state index is 11.8. The molecule has 1 aromatic carbocycles. The fraction of sp³-hybridized carbons (Fsp3) is 0.462. The van der Waals surface area contributed by atoms with Crippen LogP contribution >= 0.6 is 0 Å². The van der Waals surface area contributed by atoms with Gasteiger partial charge in [-0.2, -0.15) is 0 Å². The fourth-order valence-electron chi connectivity index (χ4n) is 2.06. The average molecular weight is 249 g/mol. The maximum atomic E-state index is 11.8. The molecule has 1 aromatic rings. The fourth-order valence-corrected chi connectivity index (χ4v) is 2.06. The average Bonchev–Trinajstić information content (AvgIpc) is 2.78. The van der Waals surface area contributed by atoms with Crippen molar-refractivity contribution in [3.8, 4) is 5.75 Å². The number of hydrazine groups is 1. The van der Waals surface area contributed by atoms with Crippen molar-refractivity contribution in [2.24, 2.45) is 5.73 Å². The number of benzene rings is 1. The van der Waals surface area contributed by atoms with Crippen LogP contribution in [-0.4, -0.2) is 31.1 Å². The molecule has 3 N–H and O–H groups in total. The van der Waals surface area contributed by atoms with Crippen LogP contribution in [0.5, 0.6) is 5.75 Å². The summed E-state index contributed by atoms with van der Waals surface area (Å²) >= 11 is 0. The Bertz CT molecular complexity index is 405. The minimum atomic E-state index is 0.0566. The number of hydrogen-bond donors (Lipinski definition) is 2. The molecule has 0 aromatic heterocycles. The van der Waals surface area contributed by atoms with Crippen molar-refractivity contribution in [3.63, 3.8) is 0 Å². The van der Waals surface area contributed by atoms with Crippen molar-refractivity contribution in [1.29, 1.82) is 0 Å². The molecule has 1 aliphatic heterocycles. The monoisotopic (exact) mass is 249 g/mol. The number of nitrogens with two attached hydrogens (primary N) is 1. The molecule has 0 aliphatic carbocycles. The van der Waals surface area contributed by atoms with E-state index in [1.54, 1.807) is 12.1 Å². The zero-order valence-corrected chi connectivity index (χ0v) is 10.6. The second-order valence-electron chi connectivity index (χ2n) is 4.35. The third-order valence-electron chi connectivity index (χ3n) is 3.10. The summed E-state index contributed by atoms with van der Waals surface area (Å²) in [5.74, 6) is 0.951. The predicted molar refractivity (Wildman–Crippen MR) is 68.9 cm³/mol. The quantitative estimate of drug-likeness (QED) is 0.811. The smallest absolute Gasteiger partial charge is 0.238 e. The molecule has 1 fully saturated rings. The van der Waals surface area contributed by atoms with Crippen molar-refractivity contribution >= 4 is 5.91 Å². The highest BCUT2D eigenvalue weighted by Gasteiger charge is 2.29. The first kappa shape index (κ1) is 12.9. The zero-order chi connectivity index (χ0) is 13.0. The number of rotatable bonds is 5. The van der Waals surface area contributed by atoms with Gasteiger partial charge in [-0.05, 0) is 30.7 Å². The van der Waals surface area contributed by atoms with Crippen LogP contribution in [0.2, 0.25) is 0 Å². The minimum absolute atomic E-state index is 0.0566. The number of nitrogens with one attached hydrogen (secondary N) is 1. The Labute approximate surface area is 107 Å². The Hall–Kier alpha value is -1.59. The lowest BCUT2D eigenvalue weighted by Gasteiger charge is -2.17. The number of hydrogen-bond acceptors (Lipinski definition) is 4. The van der Waals surface area contributed by atoms with E-state index in [-0.39, 0.29) is 11.9 Å². The maximum Gasteiger partial charge on any atom is 0.238 e. The Morgan fingerprint density at radius 3 is 2.78 bits per heavy atom. The van der Waals surface area contributed by atoms with Crippen LogP contribution in [0.25, 0.3) is 0 Å². The van der Waals surface area contributed by atoms with Gasteiger partial charge < -0.3 is 10.5 Å². The van der Waals surface area contributed by atoms with Crippen molar-refractivity contribution in [2.75, 3.05) is 20.2 Å². The van der Waals surface area contributed by atoms with E-state index in [2.05, 4.69) is 5.43 Å². The van der Waals surface area contributed by atoms with Gasteiger partial charge in [-0.25, -0.2) is 5.43 Å². The molecule has 98 valence electrons. The van der Waals surface area contributed by atoms with Gasteiger partial charge in [0, 0.05) is 13.0 Å². The van der Waals surface area contributed by atoms with Gasteiger partial charge in [0.25, 0.3) is 0 Å². The molecule has 0 radical (unpaired) electrons. The van der Waals surface area contributed by atoms with Gasteiger partial charge in [0.2, 0.25) is 5.91 Å².